The third kappa shape index (κ3) is 3.35. The Balaban J connectivity index is 1.70. The number of rotatable bonds is 5. The van der Waals surface area contributed by atoms with E-state index in [1.165, 1.54) is 0 Å². The summed E-state index contributed by atoms with van der Waals surface area (Å²) in [5.41, 5.74) is 3.59. The van der Waals surface area contributed by atoms with Crippen LogP contribution in [-0.2, 0) is 18.0 Å². The van der Waals surface area contributed by atoms with Crippen LogP contribution in [0.3, 0.4) is 0 Å². The van der Waals surface area contributed by atoms with Crippen molar-refractivity contribution in [3.8, 4) is 0 Å². The lowest BCUT2D eigenvalue weighted by Gasteiger charge is -2.19. The smallest absolute Gasteiger partial charge is 0.255 e. The number of fused-ring (bicyclic) bond motifs is 1. The maximum Gasteiger partial charge on any atom is 0.255 e. The van der Waals surface area contributed by atoms with E-state index in [1.54, 1.807) is 6.20 Å². The van der Waals surface area contributed by atoms with Crippen LogP contribution in [0.25, 0.3) is 0 Å². The van der Waals surface area contributed by atoms with Gasteiger partial charge in [-0.2, -0.15) is 0 Å². The number of carbonyl (C=O) groups is 1. The summed E-state index contributed by atoms with van der Waals surface area (Å²) in [6, 6.07) is 9.50. The van der Waals surface area contributed by atoms with E-state index >= 15 is 0 Å². The van der Waals surface area contributed by atoms with Crippen LogP contribution in [0.1, 0.15) is 35.3 Å². The van der Waals surface area contributed by atoms with E-state index in [4.69, 9.17) is 4.74 Å². The molecule has 23 heavy (non-hydrogen) atoms. The fraction of sp³-hybridized carbons (Fsp3) is 0.333. The molecule has 1 N–H and O–H groups in total. The van der Waals surface area contributed by atoms with Gasteiger partial charge < -0.3 is 15.0 Å². The minimum atomic E-state index is -0.128. The minimum Gasteiger partial charge on any atom is -0.372 e. The van der Waals surface area contributed by atoms with Crippen molar-refractivity contribution in [1.29, 1.82) is 0 Å². The van der Waals surface area contributed by atoms with Crippen molar-refractivity contribution in [3.63, 3.8) is 0 Å². The summed E-state index contributed by atoms with van der Waals surface area (Å²) in [6.45, 7) is 7.22. The molecule has 1 aliphatic rings. The lowest BCUT2D eigenvalue weighted by Crippen LogP contribution is -2.22. The quantitative estimate of drug-likeness (QED) is 0.921. The first kappa shape index (κ1) is 15.5. The zero-order chi connectivity index (χ0) is 16.2. The highest BCUT2D eigenvalue weighted by Crippen LogP contribution is 2.21. The van der Waals surface area contributed by atoms with Crippen LogP contribution in [0.4, 0.5) is 11.5 Å². The second kappa shape index (κ2) is 6.79. The molecule has 0 spiro atoms. The lowest BCUT2D eigenvalue weighted by molar-refractivity contribution is 0.102. The number of benzene rings is 1. The van der Waals surface area contributed by atoms with Crippen molar-refractivity contribution in [2.24, 2.45) is 0 Å². The van der Waals surface area contributed by atoms with Gasteiger partial charge in [0, 0.05) is 18.7 Å². The molecule has 5 heteroatoms. The van der Waals surface area contributed by atoms with E-state index < -0.39 is 0 Å². The zero-order valence-corrected chi connectivity index (χ0v) is 13.5. The lowest BCUT2D eigenvalue weighted by atomic mass is 10.1. The number of hydrogen-bond acceptors (Lipinski definition) is 4. The summed E-state index contributed by atoms with van der Waals surface area (Å²) in [5, 5.41) is 2.89. The number of ether oxygens (including phenoxy) is 1. The Labute approximate surface area is 136 Å². The van der Waals surface area contributed by atoms with E-state index in [9.17, 15) is 4.79 Å². The molecule has 1 aromatic heterocycles. The number of hydrogen-bond donors (Lipinski definition) is 1. The largest absolute Gasteiger partial charge is 0.372 e. The molecule has 2 heterocycles. The van der Waals surface area contributed by atoms with Crippen molar-refractivity contribution in [2.45, 2.75) is 27.1 Å². The van der Waals surface area contributed by atoms with Gasteiger partial charge in [-0.25, -0.2) is 4.98 Å². The number of aromatic nitrogens is 1. The molecule has 0 fully saturated rings. The summed E-state index contributed by atoms with van der Waals surface area (Å²) < 4.78 is 5.38. The predicted molar refractivity (Wildman–Crippen MR) is 90.7 cm³/mol. The number of amides is 1. The summed E-state index contributed by atoms with van der Waals surface area (Å²) in [5.74, 6) is 0.791. The highest BCUT2D eigenvalue weighted by Gasteiger charge is 2.14. The van der Waals surface area contributed by atoms with Gasteiger partial charge in [0.1, 0.15) is 5.82 Å². The second-order valence-corrected chi connectivity index (χ2v) is 5.51. The van der Waals surface area contributed by atoms with Gasteiger partial charge in [0.2, 0.25) is 0 Å². The van der Waals surface area contributed by atoms with Crippen molar-refractivity contribution >= 4 is 17.4 Å². The van der Waals surface area contributed by atoms with Gasteiger partial charge in [-0.05, 0) is 49.2 Å². The van der Waals surface area contributed by atoms with Crippen molar-refractivity contribution in [1.82, 2.24) is 4.98 Å². The topological polar surface area (TPSA) is 54.5 Å². The molecular weight excluding hydrogens is 290 g/mol. The zero-order valence-electron chi connectivity index (χ0n) is 13.5. The Kier molecular flexibility index (Phi) is 4.57. The summed E-state index contributed by atoms with van der Waals surface area (Å²) in [4.78, 5) is 18.9. The Morgan fingerprint density at radius 2 is 1.96 bits per heavy atom. The SMILES string of the molecule is CCN(CC)c1ccc(NC(=O)c2ccc3c(c2)COC3)cn1. The predicted octanol–water partition coefficient (Wildman–Crippen LogP) is 3.21. The van der Waals surface area contributed by atoms with E-state index in [0.29, 0.717) is 24.5 Å². The molecular formula is C18H21N3O2. The van der Waals surface area contributed by atoms with Crippen molar-refractivity contribution in [3.05, 3.63) is 53.2 Å². The van der Waals surface area contributed by atoms with Crippen molar-refractivity contribution < 1.29 is 9.53 Å². The number of anilines is 2. The highest BCUT2D eigenvalue weighted by molar-refractivity contribution is 6.04. The number of carbonyl (C=O) groups excluding carboxylic acids is 1. The molecule has 1 aromatic carbocycles. The van der Waals surface area contributed by atoms with Crippen LogP contribution in [0, 0.1) is 0 Å². The molecule has 0 saturated heterocycles. The molecule has 0 atom stereocenters. The first-order valence-electron chi connectivity index (χ1n) is 7.93. The minimum absolute atomic E-state index is 0.128. The maximum atomic E-state index is 12.4. The standard InChI is InChI=1S/C18H21N3O2/c1-3-21(4-2)17-8-7-16(10-19-17)20-18(22)13-5-6-14-11-23-12-15(14)9-13/h5-10H,3-4,11-12H2,1-2H3,(H,20,22). The Hall–Kier alpha value is -2.40. The van der Waals surface area contributed by atoms with E-state index in [2.05, 4.69) is 29.0 Å². The van der Waals surface area contributed by atoms with Gasteiger partial charge in [-0.15, -0.1) is 0 Å². The van der Waals surface area contributed by atoms with Crippen LogP contribution in [0.2, 0.25) is 0 Å². The summed E-state index contributed by atoms with van der Waals surface area (Å²) >= 11 is 0. The highest BCUT2D eigenvalue weighted by atomic mass is 16.5. The van der Waals surface area contributed by atoms with Crippen LogP contribution in [-0.4, -0.2) is 24.0 Å². The fourth-order valence-electron chi connectivity index (χ4n) is 2.71. The number of nitrogens with zero attached hydrogens (tertiary/aromatic N) is 2. The number of pyridine rings is 1. The van der Waals surface area contributed by atoms with Gasteiger partial charge in [-0.1, -0.05) is 6.07 Å². The van der Waals surface area contributed by atoms with Gasteiger partial charge in [-0.3, -0.25) is 4.79 Å². The third-order valence-corrected chi connectivity index (χ3v) is 4.08. The van der Waals surface area contributed by atoms with Gasteiger partial charge in [0.15, 0.2) is 0 Å². The van der Waals surface area contributed by atoms with E-state index in [-0.39, 0.29) is 5.91 Å². The average Bonchev–Trinajstić information content (AvgIpc) is 3.05. The van der Waals surface area contributed by atoms with Gasteiger partial charge in [0.25, 0.3) is 5.91 Å². The molecule has 5 nitrogen and oxygen atoms in total. The third-order valence-electron chi connectivity index (χ3n) is 4.08. The first-order chi connectivity index (χ1) is 11.2. The van der Waals surface area contributed by atoms with Crippen molar-refractivity contribution in [2.75, 3.05) is 23.3 Å². The summed E-state index contributed by atoms with van der Waals surface area (Å²) in [6.07, 6.45) is 1.70. The molecule has 120 valence electrons. The normalized spacial score (nSPS) is 12.8. The fourth-order valence-corrected chi connectivity index (χ4v) is 2.71. The molecule has 0 bridgehead atoms. The Morgan fingerprint density at radius 3 is 2.65 bits per heavy atom. The molecule has 0 aliphatic carbocycles. The van der Waals surface area contributed by atoms with Gasteiger partial charge in [0.05, 0.1) is 25.1 Å². The van der Waals surface area contributed by atoms with Crippen LogP contribution < -0.4 is 10.2 Å². The van der Waals surface area contributed by atoms with Crippen LogP contribution in [0.5, 0.6) is 0 Å². The molecule has 3 rings (SSSR count). The molecule has 0 radical (unpaired) electrons. The summed E-state index contributed by atoms with van der Waals surface area (Å²) in [7, 11) is 0. The maximum absolute atomic E-state index is 12.4. The Bertz CT molecular complexity index is 694. The van der Waals surface area contributed by atoms with E-state index in [0.717, 1.165) is 30.0 Å². The molecule has 1 amide bonds. The monoisotopic (exact) mass is 311 g/mol. The molecule has 1 aliphatic heterocycles. The molecule has 0 unspecified atom stereocenters. The molecule has 2 aromatic rings. The molecule has 0 saturated carbocycles. The number of nitrogens with one attached hydrogen (secondary N) is 1. The van der Waals surface area contributed by atoms with Crippen LogP contribution in [0.15, 0.2) is 36.5 Å². The Morgan fingerprint density at radius 1 is 1.17 bits per heavy atom. The first-order valence-corrected chi connectivity index (χ1v) is 7.93. The van der Waals surface area contributed by atoms with E-state index in [1.807, 2.05) is 30.3 Å². The van der Waals surface area contributed by atoms with Crippen LogP contribution >= 0.6 is 0 Å². The van der Waals surface area contributed by atoms with Gasteiger partial charge >= 0.3 is 0 Å². The second-order valence-electron chi connectivity index (χ2n) is 5.51. The average molecular weight is 311 g/mol.